The van der Waals surface area contributed by atoms with Gasteiger partial charge in [0.25, 0.3) is 0 Å². The molecule has 100 valence electrons. The molecule has 3 rings (SSSR count). The Morgan fingerprint density at radius 2 is 1.89 bits per heavy atom. The van der Waals surface area contributed by atoms with E-state index in [4.69, 9.17) is 13.9 Å². The van der Waals surface area contributed by atoms with Gasteiger partial charge in [-0.3, -0.25) is 0 Å². The highest BCUT2D eigenvalue weighted by Gasteiger charge is 2.20. The average molecular weight is 251 g/mol. The van der Waals surface area contributed by atoms with Gasteiger partial charge in [0.2, 0.25) is 0 Å². The van der Waals surface area contributed by atoms with E-state index < -0.39 is 0 Å². The molecule has 1 aliphatic heterocycles. The normalized spacial score (nSPS) is 21.3. The molecule has 0 unspecified atom stereocenters. The highest BCUT2D eigenvalue weighted by atomic mass is 16.5. The molecule has 0 radical (unpaired) electrons. The van der Waals surface area contributed by atoms with E-state index in [1.54, 1.807) is 0 Å². The minimum Gasteiger partial charge on any atom is -0.462 e. The maximum Gasteiger partial charge on any atom is 0.129 e. The van der Waals surface area contributed by atoms with Crippen molar-refractivity contribution in [2.24, 2.45) is 0 Å². The first-order chi connectivity index (χ1) is 8.90. The molecule has 1 saturated heterocycles. The zero-order valence-corrected chi connectivity index (χ0v) is 10.7. The van der Waals surface area contributed by atoms with Gasteiger partial charge in [-0.2, -0.15) is 0 Å². The van der Waals surface area contributed by atoms with Crippen molar-refractivity contribution in [3.8, 4) is 0 Å². The maximum absolute atomic E-state index is 5.83. The van der Waals surface area contributed by atoms with Crippen LogP contribution in [0.15, 0.2) is 16.5 Å². The Morgan fingerprint density at radius 1 is 1.11 bits per heavy atom. The van der Waals surface area contributed by atoms with Crippen LogP contribution in [-0.2, 0) is 22.6 Å². The SMILES string of the molecule is c1cc(COC2CCOCC2)oc1CNC1CC1. The molecule has 2 heterocycles. The summed E-state index contributed by atoms with van der Waals surface area (Å²) >= 11 is 0. The van der Waals surface area contributed by atoms with Crippen LogP contribution in [0.1, 0.15) is 37.2 Å². The monoisotopic (exact) mass is 251 g/mol. The van der Waals surface area contributed by atoms with Crippen molar-refractivity contribution in [1.29, 1.82) is 0 Å². The quantitative estimate of drug-likeness (QED) is 0.842. The third-order valence-electron chi connectivity index (χ3n) is 3.49. The molecule has 0 atom stereocenters. The minimum absolute atomic E-state index is 0.330. The zero-order chi connectivity index (χ0) is 12.2. The third-order valence-corrected chi connectivity index (χ3v) is 3.49. The lowest BCUT2D eigenvalue weighted by Crippen LogP contribution is -2.23. The summed E-state index contributed by atoms with van der Waals surface area (Å²) in [7, 11) is 0. The number of furan rings is 1. The topological polar surface area (TPSA) is 43.6 Å². The Kier molecular flexibility index (Phi) is 3.98. The van der Waals surface area contributed by atoms with Crippen molar-refractivity contribution in [3.63, 3.8) is 0 Å². The molecule has 4 heteroatoms. The smallest absolute Gasteiger partial charge is 0.129 e. The van der Waals surface area contributed by atoms with E-state index in [1.807, 2.05) is 12.1 Å². The van der Waals surface area contributed by atoms with Gasteiger partial charge in [-0.05, 0) is 37.8 Å². The van der Waals surface area contributed by atoms with Crippen LogP contribution < -0.4 is 5.32 Å². The van der Waals surface area contributed by atoms with Gasteiger partial charge in [-0.25, -0.2) is 0 Å². The van der Waals surface area contributed by atoms with Crippen LogP contribution in [-0.4, -0.2) is 25.4 Å². The van der Waals surface area contributed by atoms with Gasteiger partial charge in [0.15, 0.2) is 0 Å². The molecule has 1 N–H and O–H groups in total. The predicted octanol–water partition coefficient (Wildman–Crippen LogP) is 2.23. The van der Waals surface area contributed by atoms with Gasteiger partial charge < -0.3 is 19.2 Å². The summed E-state index contributed by atoms with van der Waals surface area (Å²) in [6.45, 7) is 3.05. The molecule has 18 heavy (non-hydrogen) atoms. The maximum atomic E-state index is 5.83. The number of rotatable bonds is 6. The Bertz CT molecular complexity index is 367. The second-order valence-electron chi connectivity index (χ2n) is 5.15. The summed E-state index contributed by atoms with van der Waals surface area (Å²) < 4.78 is 16.9. The van der Waals surface area contributed by atoms with Crippen LogP contribution in [0.4, 0.5) is 0 Å². The Hall–Kier alpha value is -0.840. The van der Waals surface area contributed by atoms with Crippen LogP contribution in [0.3, 0.4) is 0 Å². The Labute approximate surface area is 108 Å². The number of nitrogens with one attached hydrogen (secondary N) is 1. The standard InChI is InChI=1S/C14H21NO3/c1-2-11(1)15-9-13-3-4-14(18-13)10-17-12-5-7-16-8-6-12/h3-4,11-12,15H,1-2,5-10H2. The van der Waals surface area contributed by atoms with Crippen molar-refractivity contribution in [3.05, 3.63) is 23.7 Å². The molecule has 1 aromatic heterocycles. The molecule has 0 amide bonds. The van der Waals surface area contributed by atoms with Gasteiger partial charge >= 0.3 is 0 Å². The van der Waals surface area contributed by atoms with Gasteiger partial charge in [-0.1, -0.05) is 0 Å². The summed E-state index contributed by atoms with van der Waals surface area (Å²) in [6, 6.07) is 4.78. The van der Waals surface area contributed by atoms with E-state index in [2.05, 4.69) is 5.32 Å². The zero-order valence-electron chi connectivity index (χ0n) is 10.7. The average Bonchev–Trinajstić information content (AvgIpc) is 3.14. The summed E-state index contributed by atoms with van der Waals surface area (Å²) in [4.78, 5) is 0. The molecule has 0 spiro atoms. The van der Waals surface area contributed by atoms with Crippen molar-refractivity contribution in [2.45, 2.75) is 51.0 Å². The van der Waals surface area contributed by atoms with Gasteiger partial charge in [0.05, 0.1) is 12.6 Å². The molecule has 1 saturated carbocycles. The highest BCUT2D eigenvalue weighted by molar-refractivity contribution is 5.06. The number of hydrogen-bond acceptors (Lipinski definition) is 4. The van der Waals surface area contributed by atoms with E-state index in [1.165, 1.54) is 12.8 Å². The molecule has 2 aliphatic rings. The second kappa shape index (κ2) is 5.87. The number of hydrogen-bond donors (Lipinski definition) is 1. The molecule has 1 aromatic rings. The van der Waals surface area contributed by atoms with Crippen LogP contribution >= 0.6 is 0 Å². The Morgan fingerprint density at radius 3 is 2.67 bits per heavy atom. The fourth-order valence-electron chi connectivity index (χ4n) is 2.17. The molecule has 1 aliphatic carbocycles. The molecule has 4 nitrogen and oxygen atoms in total. The Balaban J connectivity index is 1.41. The fourth-order valence-corrected chi connectivity index (χ4v) is 2.17. The fraction of sp³-hybridized carbons (Fsp3) is 0.714. The van der Waals surface area contributed by atoms with E-state index in [9.17, 15) is 0 Å². The summed E-state index contributed by atoms with van der Waals surface area (Å²) in [5.41, 5.74) is 0. The first-order valence-corrected chi connectivity index (χ1v) is 6.90. The predicted molar refractivity (Wildman–Crippen MR) is 67.2 cm³/mol. The first-order valence-electron chi connectivity index (χ1n) is 6.90. The molecular formula is C14H21NO3. The lowest BCUT2D eigenvalue weighted by molar-refractivity contribution is -0.0435. The van der Waals surface area contributed by atoms with Gasteiger partial charge in [0.1, 0.15) is 18.1 Å². The van der Waals surface area contributed by atoms with E-state index in [0.29, 0.717) is 12.7 Å². The third kappa shape index (κ3) is 3.57. The van der Waals surface area contributed by atoms with Gasteiger partial charge in [0, 0.05) is 19.3 Å². The van der Waals surface area contributed by atoms with Crippen LogP contribution in [0, 0.1) is 0 Å². The lowest BCUT2D eigenvalue weighted by Gasteiger charge is -2.21. The van der Waals surface area contributed by atoms with Gasteiger partial charge in [-0.15, -0.1) is 0 Å². The minimum atomic E-state index is 0.330. The number of ether oxygens (including phenoxy) is 2. The molecule has 0 bridgehead atoms. The first kappa shape index (κ1) is 12.2. The molecular weight excluding hydrogens is 230 g/mol. The van der Waals surface area contributed by atoms with E-state index in [0.717, 1.165) is 50.2 Å². The van der Waals surface area contributed by atoms with Crippen molar-refractivity contribution >= 4 is 0 Å². The van der Waals surface area contributed by atoms with E-state index >= 15 is 0 Å². The van der Waals surface area contributed by atoms with Crippen molar-refractivity contribution in [2.75, 3.05) is 13.2 Å². The largest absolute Gasteiger partial charge is 0.462 e. The van der Waals surface area contributed by atoms with Crippen LogP contribution in [0.5, 0.6) is 0 Å². The van der Waals surface area contributed by atoms with Crippen LogP contribution in [0.25, 0.3) is 0 Å². The van der Waals surface area contributed by atoms with E-state index in [-0.39, 0.29) is 0 Å². The highest BCUT2D eigenvalue weighted by Crippen LogP contribution is 2.20. The summed E-state index contributed by atoms with van der Waals surface area (Å²) in [5.74, 6) is 1.93. The van der Waals surface area contributed by atoms with Crippen molar-refractivity contribution < 1.29 is 13.9 Å². The molecule has 0 aromatic carbocycles. The lowest BCUT2D eigenvalue weighted by atomic mass is 10.1. The second-order valence-corrected chi connectivity index (χ2v) is 5.15. The van der Waals surface area contributed by atoms with Crippen molar-refractivity contribution in [1.82, 2.24) is 5.32 Å². The summed E-state index contributed by atoms with van der Waals surface area (Å²) in [6.07, 6.45) is 4.94. The summed E-state index contributed by atoms with van der Waals surface area (Å²) in [5, 5.41) is 3.44. The molecule has 2 fully saturated rings. The van der Waals surface area contributed by atoms with Crippen LogP contribution in [0.2, 0.25) is 0 Å².